The summed E-state index contributed by atoms with van der Waals surface area (Å²) < 4.78 is 2.03. The van der Waals surface area contributed by atoms with E-state index in [1.807, 2.05) is 18.2 Å². The average Bonchev–Trinajstić information content (AvgIpc) is 2.70. The number of aromatic nitrogens is 1. The number of amides is 1. The fraction of sp³-hybridized carbons (Fsp3) is 0.333. The van der Waals surface area contributed by atoms with Crippen molar-refractivity contribution in [2.45, 2.75) is 26.2 Å². The first kappa shape index (κ1) is 12.5. The quantitative estimate of drug-likeness (QED) is 0.919. The van der Waals surface area contributed by atoms with Crippen LogP contribution in [-0.2, 0) is 4.79 Å². The fourth-order valence-electron chi connectivity index (χ4n) is 1.49. The minimum Gasteiger partial charge on any atom is -0.302 e. The number of halogens is 1. The Balaban J connectivity index is 2.14. The van der Waals surface area contributed by atoms with E-state index in [9.17, 15) is 4.79 Å². The lowest BCUT2D eigenvalue weighted by Crippen LogP contribution is -2.10. The molecule has 0 saturated heterocycles. The fourth-order valence-corrected chi connectivity index (χ4v) is 2.98. The number of hydrogen-bond donors (Lipinski definition) is 1. The van der Waals surface area contributed by atoms with Crippen molar-refractivity contribution in [2.24, 2.45) is 0 Å². The molecule has 0 atom stereocenters. The normalized spacial score (nSPS) is 10.7. The van der Waals surface area contributed by atoms with Crippen LogP contribution >= 0.6 is 27.3 Å². The molecule has 0 spiro atoms. The van der Waals surface area contributed by atoms with Crippen molar-refractivity contribution in [2.75, 3.05) is 5.32 Å². The second-order valence-electron chi connectivity index (χ2n) is 3.76. The van der Waals surface area contributed by atoms with Gasteiger partial charge in [-0.3, -0.25) is 4.79 Å². The van der Waals surface area contributed by atoms with Gasteiger partial charge in [-0.15, -0.1) is 0 Å². The second-order valence-corrected chi connectivity index (χ2v) is 5.64. The number of carbonyl (C=O) groups is 1. The van der Waals surface area contributed by atoms with Crippen LogP contribution < -0.4 is 5.32 Å². The lowest BCUT2D eigenvalue weighted by molar-refractivity contribution is -0.116. The Hall–Kier alpha value is -0.940. The third kappa shape index (κ3) is 3.04. The lowest BCUT2D eigenvalue weighted by Gasteiger charge is -1.98. The first-order valence-electron chi connectivity index (χ1n) is 5.55. The first-order valence-corrected chi connectivity index (χ1v) is 7.16. The highest BCUT2D eigenvalue weighted by atomic mass is 79.9. The number of para-hydroxylation sites is 1. The smallest absolute Gasteiger partial charge is 0.226 e. The number of thiazole rings is 1. The van der Waals surface area contributed by atoms with Crippen molar-refractivity contribution in [3.8, 4) is 0 Å². The van der Waals surface area contributed by atoms with Gasteiger partial charge in [-0.2, -0.15) is 0 Å². The van der Waals surface area contributed by atoms with E-state index in [1.54, 1.807) is 0 Å². The van der Waals surface area contributed by atoms with Crippen molar-refractivity contribution in [1.29, 1.82) is 0 Å². The van der Waals surface area contributed by atoms with Crippen LogP contribution in [-0.4, -0.2) is 10.9 Å². The monoisotopic (exact) mass is 312 g/mol. The summed E-state index contributed by atoms with van der Waals surface area (Å²) in [5.74, 6) is 0.0435. The van der Waals surface area contributed by atoms with Gasteiger partial charge < -0.3 is 5.32 Å². The van der Waals surface area contributed by atoms with E-state index in [2.05, 4.69) is 33.2 Å². The molecule has 3 nitrogen and oxygen atoms in total. The predicted molar refractivity (Wildman–Crippen MR) is 75.5 cm³/mol. The maximum absolute atomic E-state index is 11.6. The Morgan fingerprint density at radius 1 is 1.53 bits per heavy atom. The summed E-state index contributed by atoms with van der Waals surface area (Å²) in [4.78, 5) is 16.0. The highest BCUT2D eigenvalue weighted by Gasteiger charge is 2.08. The van der Waals surface area contributed by atoms with E-state index in [4.69, 9.17) is 0 Å². The van der Waals surface area contributed by atoms with Crippen molar-refractivity contribution >= 4 is 48.5 Å². The topological polar surface area (TPSA) is 42.0 Å². The molecule has 1 heterocycles. The summed E-state index contributed by atoms with van der Waals surface area (Å²) >= 11 is 4.95. The summed E-state index contributed by atoms with van der Waals surface area (Å²) in [6.07, 6.45) is 2.51. The van der Waals surface area contributed by atoms with E-state index in [0.717, 1.165) is 27.5 Å². The van der Waals surface area contributed by atoms with E-state index >= 15 is 0 Å². The number of carbonyl (C=O) groups excluding carboxylic acids is 1. The van der Waals surface area contributed by atoms with Gasteiger partial charge in [0.2, 0.25) is 5.91 Å². The molecule has 1 N–H and O–H groups in total. The number of nitrogens with one attached hydrogen (secondary N) is 1. The zero-order chi connectivity index (χ0) is 12.3. The Kier molecular flexibility index (Phi) is 4.12. The van der Waals surface area contributed by atoms with Gasteiger partial charge in [-0.25, -0.2) is 4.98 Å². The number of hydrogen-bond acceptors (Lipinski definition) is 3. The maximum Gasteiger partial charge on any atom is 0.226 e. The molecule has 0 aliphatic rings. The Morgan fingerprint density at radius 3 is 3.06 bits per heavy atom. The molecule has 0 aliphatic carbocycles. The van der Waals surface area contributed by atoms with Crippen LogP contribution in [0.5, 0.6) is 0 Å². The molecule has 90 valence electrons. The van der Waals surface area contributed by atoms with Crippen LogP contribution in [0.4, 0.5) is 5.13 Å². The van der Waals surface area contributed by atoms with Gasteiger partial charge in [0.25, 0.3) is 0 Å². The van der Waals surface area contributed by atoms with Crippen LogP contribution in [0.3, 0.4) is 0 Å². The molecule has 17 heavy (non-hydrogen) atoms. The lowest BCUT2D eigenvalue weighted by atomic mass is 10.2. The molecule has 0 fully saturated rings. The molecule has 0 radical (unpaired) electrons. The Bertz CT molecular complexity index is 538. The van der Waals surface area contributed by atoms with Gasteiger partial charge in [-0.05, 0) is 34.5 Å². The van der Waals surface area contributed by atoms with Crippen molar-refractivity contribution in [3.63, 3.8) is 0 Å². The molecular formula is C12H13BrN2OS. The van der Waals surface area contributed by atoms with Gasteiger partial charge in [0, 0.05) is 10.9 Å². The predicted octanol–water partition coefficient (Wildman–Crippen LogP) is 4.19. The summed E-state index contributed by atoms with van der Waals surface area (Å²) in [6.45, 7) is 2.07. The third-order valence-electron chi connectivity index (χ3n) is 2.37. The molecular weight excluding hydrogens is 300 g/mol. The minimum atomic E-state index is 0.0435. The van der Waals surface area contributed by atoms with E-state index in [0.29, 0.717) is 11.6 Å². The van der Waals surface area contributed by atoms with Gasteiger partial charge >= 0.3 is 0 Å². The van der Waals surface area contributed by atoms with Crippen LogP contribution in [0.1, 0.15) is 26.2 Å². The van der Waals surface area contributed by atoms with Crippen LogP contribution in [0.2, 0.25) is 0 Å². The Morgan fingerprint density at radius 2 is 2.35 bits per heavy atom. The van der Waals surface area contributed by atoms with Crippen molar-refractivity contribution in [1.82, 2.24) is 4.98 Å². The highest BCUT2D eigenvalue weighted by Crippen LogP contribution is 2.30. The number of benzene rings is 1. The summed E-state index contributed by atoms with van der Waals surface area (Å²) in [6, 6.07) is 5.91. The summed E-state index contributed by atoms with van der Waals surface area (Å²) in [5.41, 5.74) is 0.906. The average molecular weight is 313 g/mol. The third-order valence-corrected chi connectivity index (χ3v) is 3.95. The number of nitrogens with zero attached hydrogens (tertiary/aromatic N) is 1. The van der Waals surface area contributed by atoms with E-state index < -0.39 is 0 Å². The zero-order valence-corrected chi connectivity index (χ0v) is 11.9. The number of fused-ring (bicyclic) bond motifs is 1. The SMILES string of the molecule is CCCCC(=O)Nc1nc2c(Br)cccc2s1. The number of rotatable bonds is 4. The Labute approximate surface area is 112 Å². The number of unbranched alkanes of at least 4 members (excludes halogenated alkanes) is 1. The van der Waals surface area contributed by atoms with Gasteiger partial charge in [0.15, 0.2) is 5.13 Å². The van der Waals surface area contributed by atoms with Crippen LogP contribution in [0, 0.1) is 0 Å². The molecule has 1 aromatic heterocycles. The van der Waals surface area contributed by atoms with Crippen molar-refractivity contribution < 1.29 is 4.79 Å². The second kappa shape index (κ2) is 5.60. The molecule has 0 aliphatic heterocycles. The molecule has 2 rings (SSSR count). The van der Waals surface area contributed by atoms with Gasteiger partial charge in [0.05, 0.1) is 10.2 Å². The summed E-state index contributed by atoms with van der Waals surface area (Å²) in [7, 11) is 0. The highest BCUT2D eigenvalue weighted by molar-refractivity contribution is 9.10. The molecule has 2 aromatic rings. The molecule has 0 bridgehead atoms. The molecule has 1 amide bonds. The molecule has 0 unspecified atom stereocenters. The van der Waals surface area contributed by atoms with E-state index in [-0.39, 0.29) is 5.91 Å². The number of anilines is 1. The van der Waals surface area contributed by atoms with Gasteiger partial charge in [-0.1, -0.05) is 30.7 Å². The zero-order valence-electron chi connectivity index (χ0n) is 9.50. The largest absolute Gasteiger partial charge is 0.302 e. The molecule has 0 saturated carbocycles. The summed E-state index contributed by atoms with van der Waals surface area (Å²) in [5, 5.41) is 3.52. The maximum atomic E-state index is 11.6. The van der Waals surface area contributed by atoms with Crippen LogP contribution in [0.25, 0.3) is 10.2 Å². The van der Waals surface area contributed by atoms with E-state index in [1.165, 1.54) is 11.3 Å². The standard InChI is InChI=1S/C12H13BrN2OS/c1-2-3-7-10(16)14-12-15-11-8(13)5-4-6-9(11)17-12/h4-6H,2-3,7H2,1H3,(H,14,15,16). The molecule has 1 aromatic carbocycles. The van der Waals surface area contributed by atoms with Crippen molar-refractivity contribution in [3.05, 3.63) is 22.7 Å². The molecule has 5 heteroatoms. The van der Waals surface area contributed by atoms with Gasteiger partial charge in [0.1, 0.15) is 0 Å². The first-order chi connectivity index (χ1) is 8.20. The van der Waals surface area contributed by atoms with Crippen LogP contribution in [0.15, 0.2) is 22.7 Å². The minimum absolute atomic E-state index is 0.0435.